The lowest BCUT2D eigenvalue weighted by Gasteiger charge is -2.24. The molecule has 0 spiro atoms. The van der Waals surface area contributed by atoms with Crippen molar-refractivity contribution in [1.29, 1.82) is 0 Å². The van der Waals surface area contributed by atoms with Gasteiger partial charge in [-0.15, -0.1) is 0 Å². The predicted molar refractivity (Wildman–Crippen MR) is 125 cm³/mol. The number of carbonyl (C=O) groups is 2. The smallest absolute Gasteiger partial charge is 0.291 e. The predicted octanol–water partition coefficient (Wildman–Crippen LogP) is 2.47. The molecule has 1 saturated carbocycles. The second-order valence-corrected chi connectivity index (χ2v) is 9.84. The van der Waals surface area contributed by atoms with E-state index in [0.717, 1.165) is 25.7 Å². The van der Waals surface area contributed by atoms with Gasteiger partial charge in [0.2, 0.25) is 11.8 Å². The maximum Gasteiger partial charge on any atom is 0.291 e. The van der Waals surface area contributed by atoms with E-state index in [1.807, 2.05) is 32.6 Å². The van der Waals surface area contributed by atoms with Crippen LogP contribution in [-0.2, 0) is 11.3 Å². The van der Waals surface area contributed by atoms with Crippen LogP contribution in [0.4, 0.5) is 0 Å². The van der Waals surface area contributed by atoms with Gasteiger partial charge in [0.05, 0.1) is 5.69 Å². The van der Waals surface area contributed by atoms with Crippen LogP contribution in [0, 0.1) is 12.8 Å². The zero-order chi connectivity index (χ0) is 24.0. The first kappa shape index (κ1) is 23.1. The Kier molecular flexibility index (Phi) is 6.07. The molecule has 1 aliphatic carbocycles. The Balaban J connectivity index is 1.82. The second-order valence-electron chi connectivity index (χ2n) is 9.84. The Morgan fingerprint density at radius 1 is 1.18 bits per heavy atom. The molecular weight excluding hydrogens is 422 g/mol. The van der Waals surface area contributed by atoms with E-state index in [1.165, 1.54) is 10.6 Å². The van der Waals surface area contributed by atoms with E-state index in [9.17, 15) is 19.5 Å². The highest BCUT2D eigenvalue weighted by Crippen LogP contribution is 2.27. The number of nitrogens with one attached hydrogen (secondary N) is 1. The molecule has 3 heterocycles. The quantitative estimate of drug-likeness (QED) is 0.651. The van der Waals surface area contributed by atoms with Gasteiger partial charge in [-0.05, 0) is 58.4 Å². The fourth-order valence-corrected chi connectivity index (χ4v) is 4.65. The van der Waals surface area contributed by atoms with Gasteiger partial charge in [-0.25, -0.2) is 0 Å². The number of aromatic hydroxyl groups is 1. The SMILES string of the molecule is Cc1nn2c(=O)c(C(=O)NC3CC3)c(O)n(CC(C)C)c2c1/C=C/C(=O)N1[C@@H](C)CC[C@@H]1C. The molecule has 2 aromatic heterocycles. The van der Waals surface area contributed by atoms with Gasteiger partial charge in [-0.3, -0.25) is 19.0 Å². The standard InChI is InChI=1S/C24H33N5O4/c1-13(2)12-27-22-18(10-11-19(30)28-14(3)6-7-15(28)4)16(5)26-29(22)24(33)20(23(27)32)21(31)25-17-8-9-17/h10-11,13-15,17,32H,6-9,12H2,1-5H3,(H,25,31)/b11-10+/t14-,15-/m0/s1. The van der Waals surface area contributed by atoms with E-state index >= 15 is 0 Å². The molecule has 9 nitrogen and oxygen atoms in total. The fourth-order valence-electron chi connectivity index (χ4n) is 4.65. The van der Waals surface area contributed by atoms with Crippen LogP contribution in [0.2, 0.25) is 0 Å². The Hall–Kier alpha value is -3.10. The zero-order valence-corrected chi connectivity index (χ0v) is 20.0. The average Bonchev–Trinajstić information content (AvgIpc) is 3.39. The van der Waals surface area contributed by atoms with E-state index in [-0.39, 0.29) is 41.4 Å². The number of amides is 2. The second kappa shape index (κ2) is 8.68. The van der Waals surface area contributed by atoms with E-state index in [1.54, 1.807) is 17.6 Å². The molecule has 0 bridgehead atoms. The van der Waals surface area contributed by atoms with Crippen molar-refractivity contribution in [3.63, 3.8) is 0 Å². The third-order valence-electron chi connectivity index (χ3n) is 6.51. The maximum absolute atomic E-state index is 13.2. The molecule has 2 aromatic rings. The van der Waals surface area contributed by atoms with Crippen molar-refractivity contribution >= 4 is 23.5 Å². The molecule has 0 aromatic carbocycles. The maximum atomic E-state index is 13.2. The van der Waals surface area contributed by atoms with Crippen LogP contribution in [0.3, 0.4) is 0 Å². The number of fused-ring (bicyclic) bond motifs is 1. The number of likely N-dealkylation sites (tertiary alicyclic amines) is 1. The highest BCUT2D eigenvalue weighted by Gasteiger charge is 2.31. The molecule has 178 valence electrons. The van der Waals surface area contributed by atoms with E-state index in [0.29, 0.717) is 23.4 Å². The molecule has 0 radical (unpaired) electrons. The molecule has 2 fully saturated rings. The summed E-state index contributed by atoms with van der Waals surface area (Å²) < 4.78 is 2.73. The number of aryl methyl sites for hydroxylation is 1. The lowest BCUT2D eigenvalue weighted by atomic mass is 10.1. The molecule has 4 rings (SSSR count). The molecule has 2 atom stereocenters. The topological polar surface area (TPSA) is 109 Å². The van der Waals surface area contributed by atoms with Crippen LogP contribution in [0.25, 0.3) is 11.7 Å². The number of rotatable bonds is 6. The molecule has 2 aliphatic rings. The van der Waals surface area contributed by atoms with Crippen molar-refractivity contribution in [1.82, 2.24) is 24.4 Å². The summed E-state index contributed by atoms with van der Waals surface area (Å²) in [6.07, 6.45) is 6.86. The molecule has 9 heteroatoms. The Labute approximate surface area is 193 Å². The molecule has 0 unspecified atom stereocenters. The van der Waals surface area contributed by atoms with Crippen LogP contribution in [-0.4, -0.2) is 54.1 Å². The van der Waals surface area contributed by atoms with Crippen molar-refractivity contribution < 1.29 is 14.7 Å². The summed E-state index contributed by atoms with van der Waals surface area (Å²) in [6.45, 7) is 10.2. The van der Waals surface area contributed by atoms with Crippen LogP contribution in [0.1, 0.15) is 75.0 Å². The van der Waals surface area contributed by atoms with E-state index < -0.39 is 11.5 Å². The Bertz CT molecular complexity index is 1180. The minimum absolute atomic E-state index is 0.0461. The minimum atomic E-state index is -0.670. The first-order chi connectivity index (χ1) is 15.6. The monoisotopic (exact) mass is 455 g/mol. The minimum Gasteiger partial charge on any atom is -0.494 e. The highest BCUT2D eigenvalue weighted by atomic mass is 16.3. The first-order valence-corrected chi connectivity index (χ1v) is 11.8. The summed E-state index contributed by atoms with van der Waals surface area (Å²) in [5.41, 5.74) is 0.513. The molecule has 2 amide bonds. The molecule has 33 heavy (non-hydrogen) atoms. The summed E-state index contributed by atoms with van der Waals surface area (Å²) in [6, 6.07) is 0.403. The normalized spacial score (nSPS) is 21.0. The van der Waals surface area contributed by atoms with Crippen LogP contribution in [0.15, 0.2) is 10.9 Å². The van der Waals surface area contributed by atoms with E-state index in [2.05, 4.69) is 10.4 Å². The van der Waals surface area contributed by atoms with Gasteiger partial charge in [0.15, 0.2) is 5.56 Å². The van der Waals surface area contributed by atoms with E-state index in [4.69, 9.17) is 0 Å². The number of carbonyl (C=O) groups excluding carboxylic acids is 2. The van der Waals surface area contributed by atoms with Gasteiger partial charge < -0.3 is 15.3 Å². The van der Waals surface area contributed by atoms with Crippen molar-refractivity contribution in [2.45, 2.75) is 85.0 Å². The van der Waals surface area contributed by atoms with Gasteiger partial charge in [0.1, 0.15) is 5.65 Å². The molecular formula is C24H33N5O4. The van der Waals surface area contributed by atoms with Crippen molar-refractivity contribution in [2.75, 3.05) is 0 Å². The lowest BCUT2D eigenvalue weighted by molar-refractivity contribution is -0.128. The van der Waals surface area contributed by atoms with Crippen LogP contribution >= 0.6 is 0 Å². The van der Waals surface area contributed by atoms with Gasteiger partial charge in [0, 0.05) is 36.3 Å². The van der Waals surface area contributed by atoms with Crippen molar-refractivity contribution in [3.8, 4) is 5.88 Å². The third kappa shape index (κ3) is 4.28. The number of hydrogen-bond acceptors (Lipinski definition) is 5. The summed E-state index contributed by atoms with van der Waals surface area (Å²) in [4.78, 5) is 40.7. The Morgan fingerprint density at radius 2 is 1.82 bits per heavy atom. The van der Waals surface area contributed by atoms with Gasteiger partial charge in [-0.1, -0.05) is 13.8 Å². The summed E-state index contributed by atoms with van der Waals surface area (Å²) in [5.74, 6) is -0.922. The first-order valence-electron chi connectivity index (χ1n) is 11.8. The lowest BCUT2D eigenvalue weighted by Crippen LogP contribution is -2.37. The molecule has 1 saturated heterocycles. The number of nitrogens with zero attached hydrogens (tertiary/aromatic N) is 4. The summed E-state index contributed by atoms with van der Waals surface area (Å²) in [5, 5.41) is 18.2. The fraction of sp³-hybridized carbons (Fsp3) is 0.583. The summed E-state index contributed by atoms with van der Waals surface area (Å²) >= 11 is 0. The van der Waals surface area contributed by atoms with Gasteiger partial charge in [0.25, 0.3) is 11.5 Å². The molecule has 2 N–H and O–H groups in total. The summed E-state index contributed by atoms with van der Waals surface area (Å²) in [7, 11) is 0. The third-order valence-corrected chi connectivity index (χ3v) is 6.51. The zero-order valence-electron chi connectivity index (χ0n) is 20.0. The number of aromatic nitrogens is 3. The largest absolute Gasteiger partial charge is 0.494 e. The van der Waals surface area contributed by atoms with Crippen LogP contribution in [0.5, 0.6) is 5.88 Å². The molecule has 1 aliphatic heterocycles. The average molecular weight is 456 g/mol. The van der Waals surface area contributed by atoms with Gasteiger partial charge in [-0.2, -0.15) is 9.61 Å². The Morgan fingerprint density at radius 3 is 2.39 bits per heavy atom. The van der Waals surface area contributed by atoms with Gasteiger partial charge >= 0.3 is 0 Å². The number of hydrogen-bond donors (Lipinski definition) is 2. The van der Waals surface area contributed by atoms with Crippen molar-refractivity contribution in [3.05, 3.63) is 33.3 Å². The van der Waals surface area contributed by atoms with Crippen LogP contribution < -0.4 is 10.9 Å². The van der Waals surface area contributed by atoms with Crippen molar-refractivity contribution in [2.24, 2.45) is 5.92 Å². The highest BCUT2D eigenvalue weighted by molar-refractivity contribution is 5.97.